The van der Waals surface area contributed by atoms with Crippen molar-refractivity contribution in [3.8, 4) is 17.2 Å². The zero-order valence-corrected chi connectivity index (χ0v) is 17.4. The van der Waals surface area contributed by atoms with Gasteiger partial charge in [0.25, 0.3) is 9.84 Å². The topological polar surface area (TPSA) is 57.9 Å². The summed E-state index contributed by atoms with van der Waals surface area (Å²) in [4.78, 5) is -1.51. The minimum absolute atomic E-state index is 0.0481. The summed E-state index contributed by atoms with van der Waals surface area (Å²) < 4.78 is 117. The molecule has 0 atom stereocenters. The molecule has 0 saturated carbocycles. The lowest BCUT2D eigenvalue weighted by Gasteiger charge is -2.28. The maximum Gasteiger partial charge on any atom is 0.461 e. The minimum atomic E-state index is -6.87. The van der Waals surface area contributed by atoms with Crippen molar-refractivity contribution in [2.45, 2.75) is 22.2 Å². The lowest BCUT2D eigenvalue weighted by Crippen LogP contribution is -2.56. The molecule has 13 heteroatoms. The van der Waals surface area contributed by atoms with Crippen LogP contribution in [0.1, 0.15) is 5.56 Å². The third kappa shape index (κ3) is 3.89. The molecule has 0 aliphatic rings. The molecule has 0 spiro atoms. The summed E-state index contributed by atoms with van der Waals surface area (Å²) >= 11 is 5.58. The Morgan fingerprint density at radius 2 is 1.59 bits per heavy atom. The third-order valence-electron chi connectivity index (χ3n) is 3.58. The highest BCUT2D eigenvalue weighted by Crippen LogP contribution is 2.52. The van der Waals surface area contributed by atoms with Crippen LogP contribution < -0.4 is 0 Å². The number of hydrogen-bond donors (Lipinski definition) is 0. The van der Waals surface area contributed by atoms with Crippen molar-refractivity contribution in [2.75, 3.05) is 0 Å². The fourth-order valence-corrected chi connectivity index (χ4v) is 5.32. The first-order chi connectivity index (χ1) is 13.1. The van der Waals surface area contributed by atoms with Crippen LogP contribution in [0.3, 0.4) is 0 Å². The summed E-state index contributed by atoms with van der Waals surface area (Å²) in [5, 5.41) is 2.41. The van der Waals surface area contributed by atoms with E-state index in [9.17, 15) is 39.2 Å². The SMILES string of the molecule is N#Cc1cccc(-c2c(Br)[c]c(Br)cc2S(=O)(=O)C(F)(F)C(F)(F)C(F)(F)F)c1. The molecular weight excluding hydrogens is 563 g/mol. The molecule has 0 saturated heterocycles. The number of rotatable bonds is 4. The molecule has 0 heterocycles. The molecule has 29 heavy (non-hydrogen) atoms. The van der Waals surface area contributed by atoms with Gasteiger partial charge in [-0.25, -0.2) is 8.42 Å². The normalized spacial score (nSPS) is 13.2. The van der Waals surface area contributed by atoms with Gasteiger partial charge in [-0.15, -0.1) is 0 Å². The van der Waals surface area contributed by atoms with Crippen LogP contribution in [-0.4, -0.2) is 25.8 Å². The third-order valence-corrected chi connectivity index (χ3v) is 6.44. The number of nitriles is 1. The van der Waals surface area contributed by atoms with Crippen LogP contribution in [0.4, 0.5) is 30.7 Å². The zero-order chi connectivity index (χ0) is 22.4. The molecule has 155 valence electrons. The number of halogens is 9. The molecule has 0 N–H and O–H groups in total. The fraction of sp³-hybridized carbons (Fsp3) is 0.188. The predicted octanol–water partition coefficient (Wildman–Crippen LogP) is 6.11. The summed E-state index contributed by atoms with van der Waals surface area (Å²) in [6.45, 7) is 0. The summed E-state index contributed by atoms with van der Waals surface area (Å²) in [6, 6.07) is 9.28. The Morgan fingerprint density at radius 1 is 1.00 bits per heavy atom. The average molecular weight is 568 g/mol. The van der Waals surface area contributed by atoms with Crippen molar-refractivity contribution >= 4 is 41.7 Å². The van der Waals surface area contributed by atoms with Crippen LogP contribution in [0.15, 0.2) is 44.2 Å². The molecule has 0 aliphatic carbocycles. The molecule has 1 radical (unpaired) electrons. The van der Waals surface area contributed by atoms with Crippen LogP contribution in [0, 0.1) is 17.4 Å². The Bertz CT molecular complexity index is 1110. The van der Waals surface area contributed by atoms with Crippen LogP contribution in [0.2, 0.25) is 0 Å². The number of sulfone groups is 1. The van der Waals surface area contributed by atoms with Crippen molar-refractivity contribution in [3.63, 3.8) is 0 Å². The number of nitrogens with zero attached hydrogens (tertiary/aromatic N) is 1. The second-order valence-electron chi connectivity index (χ2n) is 5.46. The van der Waals surface area contributed by atoms with Crippen molar-refractivity contribution in [1.82, 2.24) is 0 Å². The molecule has 0 fully saturated rings. The second kappa shape index (κ2) is 7.55. The highest BCUT2D eigenvalue weighted by atomic mass is 79.9. The van der Waals surface area contributed by atoms with Gasteiger partial charge in [0.1, 0.15) is 0 Å². The summed E-state index contributed by atoms with van der Waals surface area (Å²) in [7, 11) is -6.59. The second-order valence-corrected chi connectivity index (χ2v) is 9.06. The van der Waals surface area contributed by atoms with Gasteiger partial charge in [0, 0.05) is 20.6 Å². The maximum atomic E-state index is 14.1. The maximum absolute atomic E-state index is 14.1. The molecule has 2 aromatic carbocycles. The lowest BCUT2D eigenvalue weighted by molar-refractivity contribution is -0.332. The molecule has 0 aliphatic heterocycles. The minimum Gasteiger partial charge on any atom is -0.217 e. The van der Waals surface area contributed by atoms with E-state index in [1.54, 1.807) is 6.07 Å². The molecule has 0 unspecified atom stereocenters. The van der Waals surface area contributed by atoms with Gasteiger partial charge < -0.3 is 0 Å². The van der Waals surface area contributed by atoms with E-state index in [-0.39, 0.29) is 20.1 Å². The Morgan fingerprint density at radius 3 is 2.10 bits per heavy atom. The first kappa shape index (κ1) is 23.6. The Labute approximate surface area is 176 Å². The predicted molar refractivity (Wildman–Crippen MR) is 94.0 cm³/mol. The lowest BCUT2D eigenvalue weighted by atomic mass is 10.0. The Balaban J connectivity index is 2.89. The van der Waals surface area contributed by atoms with Gasteiger partial charge in [-0.3, -0.25) is 0 Å². The van der Waals surface area contributed by atoms with E-state index >= 15 is 0 Å². The van der Waals surface area contributed by atoms with Crippen molar-refractivity contribution in [3.05, 3.63) is 50.9 Å². The zero-order valence-electron chi connectivity index (χ0n) is 13.5. The van der Waals surface area contributed by atoms with Crippen molar-refractivity contribution in [1.29, 1.82) is 5.26 Å². The summed E-state index contributed by atoms with van der Waals surface area (Å²) in [5.74, 6) is -6.87. The van der Waals surface area contributed by atoms with Crippen molar-refractivity contribution in [2.24, 2.45) is 0 Å². The van der Waals surface area contributed by atoms with E-state index in [4.69, 9.17) is 5.26 Å². The summed E-state index contributed by atoms with van der Waals surface area (Å²) in [5.41, 5.74) is -0.916. The highest BCUT2D eigenvalue weighted by molar-refractivity contribution is 9.11. The molecule has 0 aromatic heterocycles. The van der Waals surface area contributed by atoms with E-state index in [2.05, 4.69) is 37.9 Å². The van der Waals surface area contributed by atoms with E-state index in [1.807, 2.05) is 0 Å². The number of hydrogen-bond acceptors (Lipinski definition) is 3. The first-order valence-corrected chi connectivity index (χ1v) is 10.1. The van der Waals surface area contributed by atoms with Crippen LogP contribution in [0.25, 0.3) is 11.1 Å². The fourth-order valence-electron chi connectivity index (χ4n) is 2.20. The monoisotopic (exact) mass is 566 g/mol. The molecule has 2 aromatic rings. The largest absolute Gasteiger partial charge is 0.461 e. The highest BCUT2D eigenvalue weighted by Gasteiger charge is 2.78. The molecule has 0 bridgehead atoms. The molecular formula is C16H5Br2F7NO2S. The quantitative estimate of drug-likeness (QED) is 0.419. The van der Waals surface area contributed by atoms with E-state index < -0.39 is 37.6 Å². The van der Waals surface area contributed by atoms with Crippen LogP contribution in [-0.2, 0) is 9.84 Å². The van der Waals surface area contributed by atoms with Crippen LogP contribution in [0.5, 0.6) is 0 Å². The van der Waals surface area contributed by atoms with Gasteiger partial charge in [0.2, 0.25) is 0 Å². The van der Waals surface area contributed by atoms with Gasteiger partial charge in [-0.05, 0) is 39.7 Å². The van der Waals surface area contributed by atoms with Gasteiger partial charge in [0.15, 0.2) is 0 Å². The van der Waals surface area contributed by atoms with E-state index in [0.717, 1.165) is 12.1 Å². The summed E-state index contributed by atoms with van der Waals surface area (Å²) in [6.07, 6.45) is -6.83. The van der Waals surface area contributed by atoms with Gasteiger partial charge in [-0.2, -0.15) is 36.0 Å². The van der Waals surface area contributed by atoms with Gasteiger partial charge >= 0.3 is 17.4 Å². The van der Waals surface area contributed by atoms with Gasteiger partial charge in [0.05, 0.1) is 16.5 Å². The molecule has 2 rings (SSSR count). The number of alkyl halides is 7. The van der Waals surface area contributed by atoms with E-state index in [0.29, 0.717) is 6.07 Å². The average Bonchev–Trinajstić information content (AvgIpc) is 2.59. The Hall–Kier alpha value is -1.65. The smallest absolute Gasteiger partial charge is 0.217 e. The van der Waals surface area contributed by atoms with Crippen molar-refractivity contribution < 1.29 is 39.2 Å². The Kier molecular flexibility index (Phi) is 6.15. The first-order valence-electron chi connectivity index (χ1n) is 7.06. The van der Waals surface area contributed by atoms with E-state index in [1.165, 1.54) is 12.1 Å². The standard InChI is InChI=1S/C16H5Br2F7NO2S/c17-10-5-11(18)13(9-3-1-2-8(4-9)7-26)12(6-10)29(27,28)16(24,25)14(19,20)15(21,22)23/h1-4,6H. The van der Waals surface area contributed by atoms with Crippen LogP contribution >= 0.6 is 31.9 Å². The molecule has 3 nitrogen and oxygen atoms in total. The number of benzene rings is 2. The van der Waals surface area contributed by atoms with Gasteiger partial charge in [-0.1, -0.05) is 28.1 Å². The molecule has 0 amide bonds.